The van der Waals surface area contributed by atoms with Crippen LogP contribution in [-0.4, -0.2) is 25.2 Å². The first kappa shape index (κ1) is 16.3. The molecule has 4 rings (SSSR count). The number of nitrogens with one attached hydrogen (secondary N) is 1. The monoisotopic (exact) mass is 401 g/mol. The summed E-state index contributed by atoms with van der Waals surface area (Å²) in [5, 5.41) is 3.15. The molecule has 0 aromatic heterocycles. The summed E-state index contributed by atoms with van der Waals surface area (Å²) in [6.07, 6.45) is 1.92. The van der Waals surface area contributed by atoms with E-state index in [1.807, 2.05) is 18.2 Å². The molecular weight excluding hydrogens is 382 g/mol. The van der Waals surface area contributed by atoms with Crippen LogP contribution in [0.25, 0.3) is 0 Å². The summed E-state index contributed by atoms with van der Waals surface area (Å²) in [6, 6.07) is 14.4. The molecule has 130 valence electrons. The zero-order valence-corrected chi connectivity index (χ0v) is 15.3. The number of nitrogens with two attached hydrogens (primary N) is 1. The van der Waals surface area contributed by atoms with Crippen molar-refractivity contribution in [3.05, 3.63) is 52.5 Å². The predicted molar refractivity (Wildman–Crippen MR) is 103 cm³/mol. The number of halogens is 1. The maximum absolute atomic E-state index is 6.08. The largest absolute Gasteiger partial charge is 0.490 e. The number of rotatable bonds is 3. The van der Waals surface area contributed by atoms with Gasteiger partial charge in [0.05, 0.1) is 19.3 Å². The highest BCUT2D eigenvalue weighted by molar-refractivity contribution is 9.10. The fraction of sp³-hybridized carbons (Fsp3) is 0.316. The second kappa shape index (κ2) is 6.96. The van der Waals surface area contributed by atoms with Gasteiger partial charge in [-0.2, -0.15) is 0 Å². The third-order valence-corrected chi connectivity index (χ3v) is 4.91. The summed E-state index contributed by atoms with van der Waals surface area (Å²) in [7, 11) is 0. The molecule has 0 amide bonds. The normalized spacial score (nSPS) is 22.2. The fourth-order valence-corrected chi connectivity index (χ4v) is 3.26. The maximum atomic E-state index is 6.08. The maximum Gasteiger partial charge on any atom is 0.193 e. The molecule has 1 saturated carbocycles. The first-order valence-electron chi connectivity index (χ1n) is 8.44. The number of aliphatic imine (C=N–C) groups is 1. The van der Waals surface area contributed by atoms with Crippen molar-refractivity contribution in [3.8, 4) is 11.5 Å². The molecule has 0 bridgehead atoms. The van der Waals surface area contributed by atoms with Crippen LogP contribution in [0.2, 0.25) is 0 Å². The van der Waals surface area contributed by atoms with E-state index < -0.39 is 0 Å². The number of benzene rings is 2. The fourth-order valence-electron chi connectivity index (χ4n) is 2.99. The number of guanidine groups is 1. The van der Waals surface area contributed by atoms with Crippen molar-refractivity contribution in [3.63, 3.8) is 0 Å². The Labute approximate surface area is 155 Å². The summed E-state index contributed by atoms with van der Waals surface area (Å²) >= 11 is 3.46. The molecule has 0 spiro atoms. The second-order valence-electron chi connectivity index (χ2n) is 6.31. The van der Waals surface area contributed by atoms with Gasteiger partial charge >= 0.3 is 0 Å². The molecule has 3 N–H and O–H groups in total. The van der Waals surface area contributed by atoms with Crippen LogP contribution < -0.4 is 20.5 Å². The van der Waals surface area contributed by atoms with Crippen molar-refractivity contribution in [2.75, 3.05) is 18.5 Å². The quantitative estimate of drug-likeness (QED) is 0.604. The summed E-state index contributed by atoms with van der Waals surface area (Å²) in [6.45, 7) is 1.35. The number of hydrogen-bond acceptors (Lipinski definition) is 3. The molecule has 2 aliphatic rings. The summed E-state index contributed by atoms with van der Waals surface area (Å²) < 4.78 is 12.4. The molecule has 2 unspecified atom stereocenters. The summed E-state index contributed by atoms with van der Waals surface area (Å²) in [5.74, 6) is 2.40. The second-order valence-corrected chi connectivity index (χ2v) is 7.23. The SMILES string of the molecule is NC(=NC1CC1c1ccc(Br)cc1)Nc1ccc2c(c1)OCCCO2. The van der Waals surface area contributed by atoms with E-state index >= 15 is 0 Å². The van der Waals surface area contributed by atoms with Gasteiger partial charge in [0, 0.05) is 28.6 Å². The van der Waals surface area contributed by atoms with E-state index in [2.05, 4.69) is 50.5 Å². The first-order valence-corrected chi connectivity index (χ1v) is 9.24. The number of ether oxygens (including phenoxy) is 2. The Balaban J connectivity index is 1.40. The molecule has 1 fully saturated rings. The lowest BCUT2D eigenvalue weighted by molar-refractivity contribution is 0.297. The zero-order valence-electron chi connectivity index (χ0n) is 13.7. The highest BCUT2D eigenvalue weighted by atomic mass is 79.9. The van der Waals surface area contributed by atoms with Gasteiger partial charge in [0.2, 0.25) is 0 Å². The summed E-state index contributed by atoms with van der Waals surface area (Å²) in [5.41, 5.74) is 8.24. The standard InChI is InChI=1S/C19H20BrN3O2/c20-13-4-2-12(3-5-13)15-11-16(15)23-19(21)22-14-6-7-17-18(10-14)25-9-1-8-24-17/h2-7,10,15-16H,1,8-9,11H2,(H3,21,22,23). The Bertz CT molecular complexity index is 792. The van der Waals surface area contributed by atoms with Crippen LogP contribution in [-0.2, 0) is 0 Å². The van der Waals surface area contributed by atoms with Crippen LogP contribution in [0.3, 0.4) is 0 Å². The van der Waals surface area contributed by atoms with Gasteiger partial charge in [-0.3, -0.25) is 0 Å². The molecule has 2 aromatic carbocycles. The minimum absolute atomic E-state index is 0.245. The molecule has 1 aliphatic heterocycles. The minimum atomic E-state index is 0.245. The smallest absolute Gasteiger partial charge is 0.193 e. The Kier molecular flexibility index (Phi) is 4.53. The molecule has 5 nitrogen and oxygen atoms in total. The lowest BCUT2D eigenvalue weighted by atomic mass is 10.1. The molecule has 0 radical (unpaired) electrons. The lowest BCUT2D eigenvalue weighted by Gasteiger charge is -2.10. The minimum Gasteiger partial charge on any atom is -0.490 e. The van der Waals surface area contributed by atoms with Crippen molar-refractivity contribution in [2.24, 2.45) is 10.7 Å². The lowest BCUT2D eigenvalue weighted by Crippen LogP contribution is -2.23. The van der Waals surface area contributed by atoms with E-state index in [0.717, 1.165) is 34.5 Å². The topological polar surface area (TPSA) is 68.9 Å². The first-order chi connectivity index (χ1) is 12.2. The Hall–Kier alpha value is -2.21. The molecular formula is C19H20BrN3O2. The van der Waals surface area contributed by atoms with E-state index in [1.54, 1.807) is 0 Å². The van der Waals surface area contributed by atoms with Crippen molar-refractivity contribution >= 4 is 27.6 Å². The average Bonchev–Trinajstić information content (AvgIpc) is 3.38. The van der Waals surface area contributed by atoms with Crippen LogP contribution in [0.15, 0.2) is 51.9 Å². The number of anilines is 1. The highest BCUT2D eigenvalue weighted by Crippen LogP contribution is 2.43. The van der Waals surface area contributed by atoms with Crippen LogP contribution in [0.4, 0.5) is 5.69 Å². The molecule has 2 aromatic rings. The van der Waals surface area contributed by atoms with Crippen LogP contribution in [0, 0.1) is 0 Å². The highest BCUT2D eigenvalue weighted by Gasteiger charge is 2.38. The van der Waals surface area contributed by atoms with Gasteiger partial charge in [-0.05, 0) is 36.2 Å². The Morgan fingerprint density at radius 2 is 1.84 bits per heavy atom. The zero-order chi connectivity index (χ0) is 17.2. The van der Waals surface area contributed by atoms with Gasteiger partial charge in [-0.25, -0.2) is 4.99 Å². The van der Waals surface area contributed by atoms with Crippen molar-refractivity contribution in [1.29, 1.82) is 0 Å². The molecule has 1 aliphatic carbocycles. The molecule has 2 atom stereocenters. The van der Waals surface area contributed by atoms with Crippen molar-refractivity contribution in [2.45, 2.75) is 24.8 Å². The molecule has 25 heavy (non-hydrogen) atoms. The van der Waals surface area contributed by atoms with E-state index in [1.165, 1.54) is 5.56 Å². The van der Waals surface area contributed by atoms with Crippen molar-refractivity contribution in [1.82, 2.24) is 0 Å². The van der Waals surface area contributed by atoms with Gasteiger partial charge in [-0.15, -0.1) is 0 Å². The third-order valence-electron chi connectivity index (χ3n) is 4.38. The average molecular weight is 402 g/mol. The van der Waals surface area contributed by atoms with E-state index in [0.29, 0.717) is 25.1 Å². The van der Waals surface area contributed by atoms with E-state index in [9.17, 15) is 0 Å². The molecule has 1 heterocycles. The number of fused-ring (bicyclic) bond motifs is 1. The van der Waals surface area contributed by atoms with Gasteiger partial charge in [0.15, 0.2) is 17.5 Å². The Morgan fingerprint density at radius 3 is 2.64 bits per heavy atom. The van der Waals surface area contributed by atoms with Crippen molar-refractivity contribution < 1.29 is 9.47 Å². The van der Waals surface area contributed by atoms with Crippen LogP contribution in [0.5, 0.6) is 11.5 Å². The predicted octanol–water partition coefficient (Wildman–Crippen LogP) is 3.89. The molecule has 6 heteroatoms. The van der Waals surface area contributed by atoms with Gasteiger partial charge in [0.25, 0.3) is 0 Å². The van der Waals surface area contributed by atoms with E-state index in [-0.39, 0.29) is 6.04 Å². The van der Waals surface area contributed by atoms with E-state index in [4.69, 9.17) is 15.2 Å². The van der Waals surface area contributed by atoms with Gasteiger partial charge in [-0.1, -0.05) is 28.1 Å². The van der Waals surface area contributed by atoms with Gasteiger partial charge < -0.3 is 20.5 Å². The number of hydrogen-bond donors (Lipinski definition) is 2. The van der Waals surface area contributed by atoms with Gasteiger partial charge in [0.1, 0.15) is 0 Å². The Morgan fingerprint density at radius 1 is 1.08 bits per heavy atom. The third kappa shape index (κ3) is 3.90. The number of nitrogens with zero attached hydrogens (tertiary/aromatic N) is 1. The van der Waals surface area contributed by atoms with Crippen LogP contribution in [0.1, 0.15) is 24.3 Å². The molecule has 0 saturated heterocycles. The van der Waals surface area contributed by atoms with Crippen LogP contribution >= 0.6 is 15.9 Å². The summed E-state index contributed by atoms with van der Waals surface area (Å²) in [4.78, 5) is 4.59.